The van der Waals surface area contributed by atoms with Crippen molar-refractivity contribution >= 4 is 32.5 Å². The molecule has 0 amide bonds. The maximum absolute atomic E-state index is 12.9. The van der Waals surface area contributed by atoms with Crippen molar-refractivity contribution in [1.29, 1.82) is 0 Å². The van der Waals surface area contributed by atoms with Gasteiger partial charge in [0.2, 0.25) is 11.6 Å². The standard InChI is InChI=1S/C24H19F3N4.C6H6O3S/c1-14-21(17-7-4-15-3-2-12-28-20(15)13-17)30-23(16-5-6-16)31-22(14)29-19-10-8-18(9-11-19)24(25,26)27;7-10(8,9)6-4-2-1-3-5-6/h2-4,7-13,16H,5-6H2,1H3,(H,29,30,31);1-5H,(H,7,8,9). The first-order valence-electron chi connectivity index (χ1n) is 12.7. The van der Waals surface area contributed by atoms with Crippen LogP contribution in [-0.4, -0.2) is 22.9 Å². The van der Waals surface area contributed by atoms with Crippen LogP contribution < -0.4 is 10.3 Å². The van der Waals surface area contributed by atoms with Crippen LogP contribution in [-0.2, 0) is 16.3 Å². The molecule has 210 valence electrons. The summed E-state index contributed by atoms with van der Waals surface area (Å²) >= 11 is 0. The second-order valence-corrected chi connectivity index (χ2v) is 11.0. The minimum Gasteiger partial charge on any atom is -0.744 e. The Bertz CT molecular complexity index is 1790. The van der Waals surface area contributed by atoms with Crippen molar-refractivity contribution in [2.45, 2.75) is 36.8 Å². The van der Waals surface area contributed by atoms with Gasteiger partial charge in [-0.05, 0) is 68.3 Å². The molecular weight excluding hydrogens is 553 g/mol. The molecule has 2 N–H and O–H groups in total. The predicted octanol–water partition coefficient (Wildman–Crippen LogP) is 6.65. The van der Waals surface area contributed by atoms with Gasteiger partial charge in [-0.25, -0.2) is 13.4 Å². The summed E-state index contributed by atoms with van der Waals surface area (Å²) in [7, 11) is -4.25. The number of hydrogen-bond acceptors (Lipinski definition) is 6. The number of nitrogens with zero attached hydrogens (tertiary/aromatic N) is 2. The Labute approximate surface area is 234 Å². The van der Waals surface area contributed by atoms with E-state index in [1.807, 2.05) is 37.3 Å². The van der Waals surface area contributed by atoms with Gasteiger partial charge in [0.05, 0.1) is 27.2 Å². The summed E-state index contributed by atoms with van der Waals surface area (Å²) in [5, 5.41) is 4.30. The number of aromatic nitrogens is 3. The molecule has 0 bridgehead atoms. The molecule has 1 saturated carbocycles. The summed E-state index contributed by atoms with van der Waals surface area (Å²) < 4.78 is 69.4. The van der Waals surface area contributed by atoms with E-state index in [1.54, 1.807) is 12.3 Å². The van der Waals surface area contributed by atoms with Gasteiger partial charge in [-0.3, -0.25) is 10.3 Å². The van der Waals surface area contributed by atoms with Crippen molar-refractivity contribution in [2.75, 3.05) is 5.32 Å². The van der Waals surface area contributed by atoms with Crippen LogP contribution in [0.5, 0.6) is 0 Å². The highest BCUT2D eigenvalue weighted by molar-refractivity contribution is 7.85. The molecule has 41 heavy (non-hydrogen) atoms. The Hall–Kier alpha value is -4.35. The average molecular weight is 579 g/mol. The van der Waals surface area contributed by atoms with E-state index in [2.05, 4.69) is 15.3 Å². The SMILES string of the molecule is Cc1c(-c2ccc3cccnc3c2)nc(C2CC2)[nH+]c1Nc1ccc(C(F)(F)F)cc1.O=S(=O)([O-])c1ccccc1. The molecule has 0 spiro atoms. The summed E-state index contributed by atoms with van der Waals surface area (Å²) in [6.45, 7) is 1.95. The molecule has 2 heterocycles. The number of aromatic amines is 1. The van der Waals surface area contributed by atoms with E-state index in [9.17, 15) is 26.1 Å². The zero-order valence-corrected chi connectivity index (χ0v) is 22.6. The number of halogens is 3. The van der Waals surface area contributed by atoms with Crippen LogP contribution in [0.2, 0.25) is 0 Å². The maximum Gasteiger partial charge on any atom is 0.416 e. The summed E-state index contributed by atoms with van der Waals surface area (Å²) in [5.74, 6) is 2.00. The highest BCUT2D eigenvalue weighted by atomic mass is 32.2. The topological polar surface area (TPSA) is 109 Å². The summed E-state index contributed by atoms with van der Waals surface area (Å²) in [6, 6.07) is 22.2. The van der Waals surface area contributed by atoms with Crippen molar-refractivity contribution < 1.29 is 31.1 Å². The predicted molar refractivity (Wildman–Crippen MR) is 147 cm³/mol. The third-order valence-electron chi connectivity index (χ3n) is 6.57. The number of hydrogen-bond donors (Lipinski definition) is 1. The van der Waals surface area contributed by atoms with Gasteiger partial charge >= 0.3 is 6.18 Å². The van der Waals surface area contributed by atoms with Gasteiger partial charge in [0, 0.05) is 23.1 Å². The molecule has 0 aliphatic heterocycles. The van der Waals surface area contributed by atoms with Gasteiger partial charge < -0.3 is 4.55 Å². The molecule has 5 aromatic rings. The van der Waals surface area contributed by atoms with Crippen LogP contribution in [0.4, 0.5) is 24.7 Å². The Morgan fingerprint density at radius 1 is 0.951 bits per heavy atom. The van der Waals surface area contributed by atoms with Crippen LogP contribution in [0.15, 0.2) is 96.0 Å². The van der Waals surface area contributed by atoms with Crippen LogP contribution in [0, 0.1) is 6.92 Å². The molecule has 2 aromatic heterocycles. The second-order valence-electron chi connectivity index (χ2n) is 9.62. The van der Waals surface area contributed by atoms with Gasteiger partial charge in [0.25, 0.3) is 0 Å². The van der Waals surface area contributed by atoms with Crippen LogP contribution >= 0.6 is 0 Å². The quantitative estimate of drug-likeness (QED) is 0.234. The van der Waals surface area contributed by atoms with E-state index in [4.69, 9.17) is 4.98 Å². The molecule has 1 aliphatic rings. The average Bonchev–Trinajstić information content (AvgIpc) is 3.80. The van der Waals surface area contributed by atoms with Crippen molar-refractivity contribution in [2.24, 2.45) is 0 Å². The molecule has 7 nitrogen and oxygen atoms in total. The number of alkyl halides is 3. The fraction of sp³-hybridized carbons (Fsp3) is 0.167. The minimum atomic E-state index is -4.35. The first kappa shape index (κ1) is 28.2. The highest BCUT2D eigenvalue weighted by Crippen LogP contribution is 2.39. The molecule has 0 atom stereocenters. The molecule has 1 aliphatic carbocycles. The molecule has 6 rings (SSSR count). The monoisotopic (exact) mass is 578 g/mol. The number of H-pyrrole nitrogens is 1. The Morgan fingerprint density at radius 2 is 1.66 bits per heavy atom. The van der Waals surface area contributed by atoms with E-state index >= 15 is 0 Å². The minimum absolute atomic E-state index is 0.185. The van der Waals surface area contributed by atoms with E-state index in [0.29, 0.717) is 11.6 Å². The third kappa shape index (κ3) is 6.87. The van der Waals surface area contributed by atoms with E-state index in [-0.39, 0.29) is 4.90 Å². The van der Waals surface area contributed by atoms with Crippen LogP contribution in [0.1, 0.15) is 35.7 Å². The van der Waals surface area contributed by atoms with Gasteiger partial charge in [0.15, 0.2) is 5.69 Å². The Morgan fingerprint density at radius 3 is 2.27 bits per heavy atom. The van der Waals surface area contributed by atoms with Crippen LogP contribution in [0.3, 0.4) is 0 Å². The summed E-state index contributed by atoms with van der Waals surface area (Å²) in [5.41, 5.74) is 3.47. The fourth-order valence-electron chi connectivity index (χ4n) is 4.22. The van der Waals surface area contributed by atoms with Gasteiger partial charge in [-0.2, -0.15) is 13.2 Å². The zero-order chi connectivity index (χ0) is 29.2. The number of benzene rings is 3. The first-order valence-corrected chi connectivity index (χ1v) is 14.1. The molecule has 11 heteroatoms. The fourth-order valence-corrected chi connectivity index (χ4v) is 4.71. The lowest BCUT2D eigenvalue weighted by atomic mass is 10.0. The van der Waals surface area contributed by atoms with Crippen molar-refractivity contribution in [1.82, 2.24) is 9.97 Å². The lowest BCUT2D eigenvalue weighted by Gasteiger charge is -2.10. The molecular formula is C30H25F3N4O3S. The van der Waals surface area contributed by atoms with E-state index in [0.717, 1.165) is 64.3 Å². The molecule has 0 unspecified atom stereocenters. The normalized spacial score (nSPS) is 13.4. The van der Waals surface area contributed by atoms with Gasteiger partial charge in [0.1, 0.15) is 10.1 Å². The van der Waals surface area contributed by atoms with Crippen molar-refractivity contribution in [3.8, 4) is 11.3 Å². The molecule has 3 aromatic carbocycles. The second kappa shape index (κ2) is 11.3. The van der Waals surface area contributed by atoms with Gasteiger partial charge in [-0.15, -0.1) is 4.98 Å². The Kier molecular flexibility index (Phi) is 7.74. The largest absolute Gasteiger partial charge is 0.744 e. The lowest BCUT2D eigenvalue weighted by Crippen LogP contribution is -2.20. The summed E-state index contributed by atoms with van der Waals surface area (Å²) in [4.78, 5) is 12.5. The van der Waals surface area contributed by atoms with Crippen molar-refractivity contribution in [3.63, 3.8) is 0 Å². The van der Waals surface area contributed by atoms with E-state index < -0.39 is 21.9 Å². The van der Waals surface area contributed by atoms with Crippen LogP contribution in [0.25, 0.3) is 22.2 Å². The van der Waals surface area contributed by atoms with Gasteiger partial charge in [-0.1, -0.05) is 36.4 Å². The van der Waals surface area contributed by atoms with Crippen molar-refractivity contribution in [3.05, 3.63) is 108 Å². The maximum atomic E-state index is 12.9. The lowest BCUT2D eigenvalue weighted by molar-refractivity contribution is -0.379. The smallest absolute Gasteiger partial charge is 0.416 e. The molecule has 0 radical (unpaired) electrons. The first-order chi connectivity index (χ1) is 19.5. The number of pyridine rings is 1. The third-order valence-corrected chi connectivity index (χ3v) is 7.42. The highest BCUT2D eigenvalue weighted by Gasteiger charge is 2.33. The number of nitrogens with one attached hydrogen (secondary N) is 2. The number of anilines is 2. The number of fused-ring (bicyclic) bond motifs is 1. The Balaban J connectivity index is 0.000000287. The molecule has 1 fully saturated rings. The number of rotatable bonds is 5. The zero-order valence-electron chi connectivity index (χ0n) is 21.8. The van der Waals surface area contributed by atoms with E-state index in [1.165, 1.54) is 36.4 Å². The molecule has 0 saturated heterocycles. The summed E-state index contributed by atoms with van der Waals surface area (Å²) in [6.07, 6.45) is -0.442.